The van der Waals surface area contributed by atoms with E-state index < -0.39 is 10.1 Å². The highest BCUT2D eigenvalue weighted by atomic mass is 32.2. The van der Waals surface area contributed by atoms with Crippen LogP contribution in [0.2, 0.25) is 0 Å². The summed E-state index contributed by atoms with van der Waals surface area (Å²) in [6.07, 6.45) is 0. The second-order valence-electron chi connectivity index (χ2n) is 3.13. The van der Waals surface area contributed by atoms with E-state index in [1.807, 2.05) is 13.8 Å². The van der Waals surface area contributed by atoms with Gasteiger partial charge in [-0.3, -0.25) is 9.35 Å². The first-order valence-electron chi connectivity index (χ1n) is 5.16. The van der Waals surface area contributed by atoms with Crippen LogP contribution in [0.25, 0.3) is 0 Å². The SMILES string of the molecule is CC.CC(=O)Nc1ccc(S(=O)(=O)O)cc1C. The van der Waals surface area contributed by atoms with Crippen LogP contribution >= 0.6 is 0 Å². The Hall–Kier alpha value is -1.40. The van der Waals surface area contributed by atoms with Crippen LogP contribution in [0.4, 0.5) is 5.69 Å². The molecule has 0 fully saturated rings. The van der Waals surface area contributed by atoms with E-state index in [4.69, 9.17) is 4.55 Å². The fourth-order valence-corrected chi connectivity index (χ4v) is 1.69. The highest BCUT2D eigenvalue weighted by Gasteiger charge is 2.11. The number of amides is 1. The summed E-state index contributed by atoms with van der Waals surface area (Å²) in [6, 6.07) is 3.95. The normalized spacial score (nSPS) is 10.2. The molecule has 0 saturated heterocycles. The van der Waals surface area contributed by atoms with Gasteiger partial charge in [0.25, 0.3) is 10.1 Å². The maximum Gasteiger partial charge on any atom is 0.294 e. The summed E-state index contributed by atoms with van der Waals surface area (Å²) in [6.45, 7) is 7.00. The van der Waals surface area contributed by atoms with Crippen LogP contribution in [0.1, 0.15) is 26.3 Å². The van der Waals surface area contributed by atoms with E-state index in [0.717, 1.165) is 0 Å². The van der Waals surface area contributed by atoms with Crippen molar-refractivity contribution in [1.82, 2.24) is 0 Å². The third-order valence-electron chi connectivity index (χ3n) is 1.81. The largest absolute Gasteiger partial charge is 0.326 e. The van der Waals surface area contributed by atoms with E-state index in [-0.39, 0.29) is 10.8 Å². The summed E-state index contributed by atoms with van der Waals surface area (Å²) in [5.74, 6) is -0.238. The molecule has 0 aliphatic carbocycles. The zero-order valence-electron chi connectivity index (χ0n) is 10.3. The van der Waals surface area contributed by atoms with Gasteiger partial charge in [0.1, 0.15) is 0 Å². The molecule has 1 aromatic carbocycles. The lowest BCUT2D eigenvalue weighted by Gasteiger charge is -2.07. The van der Waals surface area contributed by atoms with Gasteiger partial charge in [0, 0.05) is 12.6 Å². The van der Waals surface area contributed by atoms with Crippen molar-refractivity contribution in [2.24, 2.45) is 0 Å². The Morgan fingerprint density at radius 1 is 1.29 bits per heavy atom. The molecule has 0 aromatic heterocycles. The summed E-state index contributed by atoms with van der Waals surface area (Å²) < 4.78 is 30.3. The summed E-state index contributed by atoms with van der Waals surface area (Å²) in [4.78, 5) is 10.6. The zero-order chi connectivity index (χ0) is 13.6. The maximum absolute atomic E-state index is 10.8. The average Bonchev–Trinajstić information content (AvgIpc) is 2.22. The lowest BCUT2D eigenvalue weighted by atomic mass is 10.2. The first-order valence-corrected chi connectivity index (χ1v) is 6.60. The number of carbonyl (C=O) groups is 1. The van der Waals surface area contributed by atoms with Gasteiger partial charge < -0.3 is 5.32 Å². The number of aryl methyl sites for hydroxylation is 1. The lowest BCUT2D eigenvalue weighted by Crippen LogP contribution is -2.08. The second-order valence-corrected chi connectivity index (χ2v) is 4.55. The van der Waals surface area contributed by atoms with Gasteiger partial charge in [-0.1, -0.05) is 13.8 Å². The maximum atomic E-state index is 10.8. The summed E-state index contributed by atoms with van der Waals surface area (Å²) >= 11 is 0. The van der Waals surface area contributed by atoms with Crippen LogP contribution in [0.3, 0.4) is 0 Å². The van der Waals surface area contributed by atoms with Gasteiger partial charge in [0.05, 0.1) is 4.90 Å². The molecular weight excluding hydrogens is 242 g/mol. The summed E-state index contributed by atoms with van der Waals surface area (Å²) in [5, 5.41) is 2.54. The van der Waals surface area contributed by atoms with E-state index >= 15 is 0 Å². The predicted molar refractivity (Wildman–Crippen MR) is 66.6 cm³/mol. The number of anilines is 1. The molecule has 6 heteroatoms. The Morgan fingerprint density at radius 2 is 1.82 bits per heavy atom. The molecule has 17 heavy (non-hydrogen) atoms. The molecule has 0 aliphatic rings. The molecular formula is C11H17NO4S. The Kier molecular flexibility index (Phi) is 5.84. The molecule has 0 unspecified atom stereocenters. The topological polar surface area (TPSA) is 83.5 Å². The van der Waals surface area contributed by atoms with Gasteiger partial charge >= 0.3 is 0 Å². The van der Waals surface area contributed by atoms with Crippen molar-refractivity contribution in [2.75, 3.05) is 5.32 Å². The number of rotatable bonds is 2. The van der Waals surface area contributed by atoms with Crippen molar-refractivity contribution in [3.63, 3.8) is 0 Å². The summed E-state index contributed by atoms with van der Waals surface area (Å²) in [7, 11) is -4.18. The fourth-order valence-electron chi connectivity index (χ4n) is 1.13. The van der Waals surface area contributed by atoms with Crippen molar-refractivity contribution in [3.05, 3.63) is 23.8 Å². The number of nitrogens with one attached hydrogen (secondary N) is 1. The molecule has 1 aromatic rings. The Balaban J connectivity index is 0.00000121. The number of hydrogen-bond donors (Lipinski definition) is 2. The van der Waals surface area contributed by atoms with E-state index in [2.05, 4.69) is 5.32 Å². The van der Waals surface area contributed by atoms with Gasteiger partial charge in [-0.2, -0.15) is 8.42 Å². The summed E-state index contributed by atoms with van der Waals surface area (Å²) in [5.41, 5.74) is 1.09. The van der Waals surface area contributed by atoms with Crippen LogP contribution in [0, 0.1) is 6.92 Å². The number of hydrogen-bond acceptors (Lipinski definition) is 3. The van der Waals surface area contributed by atoms with Gasteiger partial charge in [-0.15, -0.1) is 0 Å². The van der Waals surface area contributed by atoms with E-state index in [1.165, 1.54) is 25.1 Å². The number of benzene rings is 1. The lowest BCUT2D eigenvalue weighted by molar-refractivity contribution is -0.114. The molecule has 1 amide bonds. The first-order chi connectivity index (χ1) is 7.80. The second kappa shape index (κ2) is 6.36. The van der Waals surface area contributed by atoms with Gasteiger partial charge in [0.2, 0.25) is 5.91 Å². The van der Waals surface area contributed by atoms with Crippen molar-refractivity contribution in [3.8, 4) is 0 Å². The molecule has 0 heterocycles. The molecule has 0 radical (unpaired) electrons. The monoisotopic (exact) mass is 259 g/mol. The minimum absolute atomic E-state index is 0.186. The van der Waals surface area contributed by atoms with Crippen LogP contribution in [-0.4, -0.2) is 18.9 Å². The quantitative estimate of drug-likeness (QED) is 0.798. The zero-order valence-corrected chi connectivity index (χ0v) is 11.1. The van der Waals surface area contributed by atoms with E-state index in [0.29, 0.717) is 11.3 Å². The minimum atomic E-state index is -4.18. The Bertz CT molecular complexity index is 494. The predicted octanol–water partition coefficient (Wildman–Crippen LogP) is 2.23. The third kappa shape index (κ3) is 4.97. The molecule has 0 atom stereocenters. The smallest absolute Gasteiger partial charge is 0.294 e. The molecule has 0 saturated carbocycles. The van der Waals surface area contributed by atoms with Gasteiger partial charge in [-0.25, -0.2) is 0 Å². The molecule has 0 spiro atoms. The molecule has 96 valence electrons. The standard InChI is InChI=1S/C9H11NO4S.C2H6/c1-6-5-8(15(12,13)14)3-4-9(6)10-7(2)11;1-2/h3-5H,1-2H3,(H,10,11)(H,12,13,14);1-2H3. The molecule has 0 bridgehead atoms. The van der Waals surface area contributed by atoms with Crippen LogP contribution in [0.15, 0.2) is 23.1 Å². The highest BCUT2D eigenvalue weighted by molar-refractivity contribution is 7.85. The van der Waals surface area contributed by atoms with E-state index in [9.17, 15) is 13.2 Å². The van der Waals surface area contributed by atoms with E-state index in [1.54, 1.807) is 6.92 Å². The van der Waals surface area contributed by atoms with Gasteiger partial charge in [-0.05, 0) is 30.7 Å². The molecule has 5 nitrogen and oxygen atoms in total. The van der Waals surface area contributed by atoms with Crippen molar-refractivity contribution < 1.29 is 17.8 Å². The third-order valence-corrected chi connectivity index (χ3v) is 2.66. The number of carbonyl (C=O) groups excluding carboxylic acids is 1. The van der Waals surface area contributed by atoms with Crippen LogP contribution in [0.5, 0.6) is 0 Å². The fraction of sp³-hybridized carbons (Fsp3) is 0.364. The molecule has 1 rings (SSSR count). The van der Waals surface area contributed by atoms with Crippen molar-refractivity contribution in [1.29, 1.82) is 0 Å². The van der Waals surface area contributed by atoms with Crippen LogP contribution in [-0.2, 0) is 14.9 Å². The Labute approximate surface area is 102 Å². The minimum Gasteiger partial charge on any atom is -0.326 e. The van der Waals surface area contributed by atoms with Crippen LogP contribution < -0.4 is 5.32 Å². The first kappa shape index (κ1) is 15.6. The van der Waals surface area contributed by atoms with Crippen molar-refractivity contribution in [2.45, 2.75) is 32.6 Å². The van der Waals surface area contributed by atoms with Gasteiger partial charge in [0.15, 0.2) is 0 Å². The highest BCUT2D eigenvalue weighted by Crippen LogP contribution is 2.19. The average molecular weight is 259 g/mol. The van der Waals surface area contributed by atoms with Crippen molar-refractivity contribution >= 4 is 21.7 Å². The molecule has 2 N–H and O–H groups in total. The molecule has 0 aliphatic heterocycles. The Morgan fingerprint density at radius 3 is 2.18 bits per heavy atom.